The van der Waals surface area contributed by atoms with Gasteiger partial charge in [0.05, 0.1) is 17.4 Å². The number of nitrogens with zero attached hydrogens (tertiary/aromatic N) is 2. The van der Waals surface area contributed by atoms with Crippen LogP contribution in [0, 0.1) is 11.3 Å². The first-order valence-corrected chi connectivity index (χ1v) is 7.28. The van der Waals surface area contributed by atoms with Gasteiger partial charge in [-0.15, -0.1) is 11.3 Å². The van der Waals surface area contributed by atoms with Crippen LogP contribution in [0.25, 0.3) is 21.5 Å². The minimum Gasteiger partial charge on any atom is -0.350 e. The summed E-state index contributed by atoms with van der Waals surface area (Å²) in [7, 11) is 0. The van der Waals surface area contributed by atoms with Crippen LogP contribution in [0.2, 0.25) is 0 Å². The van der Waals surface area contributed by atoms with Crippen LogP contribution >= 0.6 is 11.3 Å². The Morgan fingerprint density at radius 2 is 2.29 bits per heavy atom. The standard InChI is InChI=1S/C15H12N4OS/c16-6-1-7-19-15(20)13-3-2-12(21-13)10-4-8-17-14-11(10)5-9-18-14/h2-5,8-9H,1,7H2,(H,17,18)(H,19,20). The van der Waals surface area contributed by atoms with E-state index in [2.05, 4.69) is 15.3 Å². The van der Waals surface area contributed by atoms with Gasteiger partial charge in [0.1, 0.15) is 5.65 Å². The maximum absolute atomic E-state index is 11.9. The molecule has 0 unspecified atom stereocenters. The van der Waals surface area contributed by atoms with Crippen LogP contribution in [-0.2, 0) is 0 Å². The van der Waals surface area contributed by atoms with Gasteiger partial charge in [0, 0.05) is 34.8 Å². The summed E-state index contributed by atoms with van der Waals surface area (Å²) in [4.78, 5) is 20.9. The predicted molar refractivity (Wildman–Crippen MR) is 82.0 cm³/mol. The van der Waals surface area contributed by atoms with Crippen molar-refractivity contribution in [3.63, 3.8) is 0 Å². The molecule has 0 spiro atoms. The summed E-state index contributed by atoms with van der Waals surface area (Å²) in [6.45, 7) is 0.375. The van der Waals surface area contributed by atoms with Gasteiger partial charge < -0.3 is 10.3 Å². The van der Waals surface area contributed by atoms with Crippen LogP contribution in [0.3, 0.4) is 0 Å². The average Bonchev–Trinajstić information content (AvgIpc) is 3.16. The number of carbonyl (C=O) groups excluding carboxylic acids is 1. The van der Waals surface area contributed by atoms with Gasteiger partial charge in [0.15, 0.2) is 0 Å². The second kappa shape index (κ2) is 5.77. The summed E-state index contributed by atoms with van der Waals surface area (Å²) in [6, 6.07) is 9.66. The van der Waals surface area contributed by atoms with Crippen LogP contribution in [0.4, 0.5) is 0 Å². The molecule has 0 bridgehead atoms. The first kappa shape index (κ1) is 13.3. The van der Waals surface area contributed by atoms with E-state index in [-0.39, 0.29) is 5.91 Å². The van der Waals surface area contributed by atoms with E-state index in [4.69, 9.17) is 5.26 Å². The Morgan fingerprint density at radius 3 is 3.14 bits per heavy atom. The van der Waals surface area contributed by atoms with E-state index in [1.807, 2.05) is 30.5 Å². The number of H-pyrrole nitrogens is 1. The highest BCUT2D eigenvalue weighted by atomic mass is 32.1. The van der Waals surface area contributed by atoms with Crippen molar-refractivity contribution in [1.82, 2.24) is 15.3 Å². The van der Waals surface area contributed by atoms with Crippen molar-refractivity contribution >= 4 is 28.3 Å². The molecule has 0 aliphatic heterocycles. The lowest BCUT2D eigenvalue weighted by Gasteiger charge is -2.00. The number of amides is 1. The number of aromatic amines is 1. The molecule has 0 aliphatic rings. The fraction of sp³-hybridized carbons (Fsp3) is 0.133. The Morgan fingerprint density at radius 1 is 1.38 bits per heavy atom. The molecule has 0 saturated heterocycles. The van der Waals surface area contributed by atoms with Crippen molar-refractivity contribution < 1.29 is 4.79 Å². The summed E-state index contributed by atoms with van der Waals surface area (Å²) in [5.74, 6) is -0.138. The van der Waals surface area contributed by atoms with Gasteiger partial charge >= 0.3 is 0 Å². The molecule has 3 aromatic heterocycles. The number of hydrogen-bond donors (Lipinski definition) is 2. The van der Waals surface area contributed by atoms with Gasteiger partial charge in [-0.2, -0.15) is 5.26 Å². The third-order valence-corrected chi connectivity index (χ3v) is 4.20. The molecule has 3 heterocycles. The summed E-state index contributed by atoms with van der Waals surface area (Å²) in [5.41, 5.74) is 1.89. The molecule has 0 fully saturated rings. The molecule has 0 saturated carbocycles. The molecule has 3 rings (SSSR count). The molecule has 104 valence electrons. The lowest BCUT2D eigenvalue weighted by Crippen LogP contribution is -2.23. The maximum Gasteiger partial charge on any atom is 0.261 e. The largest absolute Gasteiger partial charge is 0.350 e. The molecule has 6 heteroatoms. The number of thiophene rings is 1. The first-order valence-electron chi connectivity index (χ1n) is 6.47. The molecule has 0 aliphatic carbocycles. The summed E-state index contributed by atoms with van der Waals surface area (Å²) in [6.07, 6.45) is 3.92. The van der Waals surface area contributed by atoms with Gasteiger partial charge in [-0.25, -0.2) is 4.98 Å². The van der Waals surface area contributed by atoms with Crippen LogP contribution in [-0.4, -0.2) is 22.4 Å². The number of nitriles is 1. The Balaban J connectivity index is 1.87. The molecule has 1 amide bonds. The van der Waals surface area contributed by atoms with E-state index in [1.165, 1.54) is 11.3 Å². The number of hydrogen-bond acceptors (Lipinski definition) is 4. The second-order valence-corrected chi connectivity index (χ2v) is 5.51. The molecule has 3 aromatic rings. The smallest absolute Gasteiger partial charge is 0.261 e. The highest BCUT2D eigenvalue weighted by Crippen LogP contribution is 2.32. The van der Waals surface area contributed by atoms with E-state index >= 15 is 0 Å². The van der Waals surface area contributed by atoms with Crippen LogP contribution in [0.15, 0.2) is 36.7 Å². The molecule has 2 N–H and O–H groups in total. The molecule has 21 heavy (non-hydrogen) atoms. The number of pyridine rings is 1. The number of rotatable bonds is 4. The van der Waals surface area contributed by atoms with Crippen LogP contribution in [0.5, 0.6) is 0 Å². The van der Waals surface area contributed by atoms with E-state index < -0.39 is 0 Å². The Labute approximate surface area is 125 Å². The van der Waals surface area contributed by atoms with E-state index in [9.17, 15) is 4.79 Å². The topological polar surface area (TPSA) is 81.6 Å². The van der Waals surface area contributed by atoms with E-state index in [0.717, 1.165) is 21.5 Å². The lowest BCUT2D eigenvalue weighted by atomic mass is 10.1. The SMILES string of the molecule is N#CCCNC(=O)c1ccc(-c2ccnc3[nH]ccc23)s1. The zero-order valence-electron chi connectivity index (χ0n) is 11.1. The van der Waals surface area contributed by atoms with Gasteiger partial charge in [0.25, 0.3) is 5.91 Å². The Hall–Kier alpha value is -2.65. The van der Waals surface area contributed by atoms with Gasteiger partial charge in [-0.3, -0.25) is 4.79 Å². The average molecular weight is 296 g/mol. The van der Waals surface area contributed by atoms with Gasteiger partial charge in [0.2, 0.25) is 0 Å². The third kappa shape index (κ3) is 2.64. The van der Waals surface area contributed by atoms with E-state index in [1.54, 1.807) is 12.3 Å². The molecule has 0 aromatic carbocycles. The maximum atomic E-state index is 11.9. The van der Waals surface area contributed by atoms with E-state index in [0.29, 0.717) is 17.8 Å². The number of fused-ring (bicyclic) bond motifs is 1. The van der Waals surface area contributed by atoms with Crippen molar-refractivity contribution in [2.75, 3.05) is 6.54 Å². The normalized spacial score (nSPS) is 10.4. The molecule has 5 nitrogen and oxygen atoms in total. The second-order valence-electron chi connectivity index (χ2n) is 4.43. The quantitative estimate of drug-likeness (QED) is 0.726. The Bertz CT molecular complexity index is 827. The lowest BCUT2D eigenvalue weighted by molar-refractivity contribution is 0.0958. The summed E-state index contributed by atoms with van der Waals surface area (Å²) in [5, 5.41) is 12.2. The van der Waals surface area contributed by atoms with Crippen LogP contribution in [0.1, 0.15) is 16.1 Å². The highest BCUT2D eigenvalue weighted by Gasteiger charge is 2.12. The number of carbonyl (C=O) groups is 1. The zero-order valence-corrected chi connectivity index (χ0v) is 11.9. The fourth-order valence-electron chi connectivity index (χ4n) is 2.10. The van der Waals surface area contributed by atoms with Gasteiger partial charge in [-0.05, 0) is 24.3 Å². The van der Waals surface area contributed by atoms with Crippen molar-refractivity contribution in [2.24, 2.45) is 0 Å². The number of aromatic nitrogens is 2. The predicted octanol–water partition coefficient (Wildman–Crippen LogP) is 2.93. The Kier molecular flexibility index (Phi) is 3.67. The number of nitrogens with one attached hydrogen (secondary N) is 2. The highest BCUT2D eigenvalue weighted by molar-refractivity contribution is 7.17. The van der Waals surface area contributed by atoms with Crippen LogP contribution < -0.4 is 5.32 Å². The third-order valence-electron chi connectivity index (χ3n) is 3.08. The molecular formula is C15H12N4OS. The van der Waals surface area contributed by atoms with Gasteiger partial charge in [-0.1, -0.05) is 0 Å². The zero-order chi connectivity index (χ0) is 14.7. The molecule has 0 radical (unpaired) electrons. The summed E-state index contributed by atoms with van der Waals surface area (Å²) < 4.78 is 0. The minimum atomic E-state index is -0.138. The fourth-order valence-corrected chi connectivity index (χ4v) is 3.06. The molecule has 0 atom stereocenters. The summed E-state index contributed by atoms with van der Waals surface area (Å²) >= 11 is 1.43. The molecular weight excluding hydrogens is 284 g/mol. The van der Waals surface area contributed by atoms with Crippen molar-refractivity contribution in [2.45, 2.75) is 6.42 Å². The first-order chi connectivity index (χ1) is 10.3. The van der Waals surface area contributed by atoms with Crippen molar-refractivity contribution in [3.8, 4) is 16.5 Å². The minimum absolute atomic E-state index is 0.138. The van der Waals surface area contributed by atoms with Crippen molar-refractivity contribution in [3.05, 3.63) is 41.5 Å². The monoisotopic (exact) mass is 296 g/mol. The van der Waals surface area contributed by atoms with Crippen molar-refractivity contribution in [1.29, 1.82) is 5.26 Å².